The Kier molecular flexibility index (Phi) is 4.55. The number of anilines is 1. The number of nitrogens with one attached hydrogen (secondary N) is 2. The van der Waals surface area contributed by atoms with E-state index in [1.54, 1.807) is 12.4 Å². The standard InChI is InChI=1S/C14H17N3O2/c1-11-4-6-13(7-5-11)19-8-2-3-14(18)17-12-9-15-16-10-12/h4-7,9-10H,2-3,8H2,1H3,(H,15,16)(H,17,18). The highest BCUT2D eigenvalue weighted by Crippen LogP contribution is 2.12. The molecule has 0 bridgehead atoms. The lowest BCUT2D eigenvalue weighted by atomic mass is 10.2. The van der Waals surface area contributed by atoms with Gasteiger partial charge in [-0.1, -0.05) is 17.7 Å². The Hall–Kier alpha value is -2.30. The third kappa shape index (κ3) is 4.46. The van der Waals surface area contributed by atoms with Crippen molar-refractivity contribution in [2.45, 2.75) is 19.8 Å². The van der Waals surface area contributed by atoms with Crippen molar-refractivity contribution >= 4 is 11.6 Å². The Balaban J connectivity index is 1.64. The van der Waals surface area contributed by atoms with Gasteiger partial charge in [-0.05, 0) is 25.5 Å². The third-order valence-corrected chi connectivity index (χ3v) is 2.62. The molecule has 0 fully saturated rings. The van der Waals surface area contributed by atoms with E-state index in [-0.39, 0.29) is 5.91 Å². The lowest BCUT2D eigenvalue weighted by Gasteiger charge is -2.06. The topological polar surface area (TPSA) is 67.0 Å². The SMILES string of the molecule is Cc1ccc(OCCCC(=O)Nc2cn[nH]c2)cc1. The van der Waals surface area contributed by atoms with Crippen LogP contribution < -0.4 is 10.1 Å². The van der Waals surface area contributed by atoms with E-state index in [2.05, 4.69) is 15.5 Å². The molecule has 0 spiro atoms. The molecule has 0 saturated heterocycles. The first-order chi connectivity index (χ1) is 9.24. The Bertz CT molecular complexity index is 506. The summed E-state index contributed by atoms with van der Waals surface area (Å²) in [6.45, 7) is 2.56. The molecule has 1 heterocycles. The summed E-state index contributed by atoms with van der Waals surface area (Å²) in [5, 5.41) is 9.13. The predicted molar refractivity (Wildman–Crippen MR) is 73.1 cm³/mol. The maximum absolute atomic E-state index is 11.6. The molecule has 2 rings (SSSR count). The average Bonchev–Trinajstić information content (AvgIpc) is 2.89. The highest BCUT2D eigenvalue weighted by atomic mass is 16.5. The summed E-state index contributed by atoms with van der Waals surface area (Å²) in [5.74, 6) is 0.801. The fourth-order valence-electron chi connectivity index (χ4n) is 1.60. The second kappa shape index (κ2) is 6.58. The number of hydrogen-bond acceptors (Lipinski definition) is 3. The molecule has 0 radical (unpaired) electrons. The number of ether oxygens (including phenoxy) is 1. The molecule has 19 heavy (non-hydrogen) atoms. The Labute approximate surface area is 112 Å². The van der Waals surface area contributed by atoms with Crippen LogP contribution in [0.1, 0.15) is 18.4 Å². The molecule has 1 aromatic carbocycles. The number of rotatable bonds is 6. The fourth-order valence-corrected chi connectivity index (χ4v) is 1.60. The van der Waals surface area contributed by atoms with Gasteiger partial charge in [0.05, 0.1) is 18.5 Å². The molecule has 0 aliphatic heterocycles. The van der Waals surface area contributed by atoms with Crippen LogP contribution in [-0.2, 0) is 4.79 Å². The van der Waals surface area contributed by atoms with Crippen molar-refractivity contribution in [2.24, 2.45) is 0 Å². The van der Waals surface area contributed by atoms with Crippen LogP contribution in [0.15, 0.2) is 36.7 Å². The van der Waals surface area contributed by atoms with Crippen LogP contribution in [0.4, 0.5) is 5.69 Å². The molecule has 100 valence electrons. The zero-order valence-corrected chi connectivity index (χ0v) is 10.8. The lowest BCUT2D eigenvalue weighted by Crippen LogP contribution is -2.12. The maximum atomic E-state index is 11.6. The van der Waals surface area contributed by atoms with Crippen molar-refractivity contribution in [1.82, 2.24) is 10.2 Å². The van der Waals surface area contributed by atoms with Gasteiger partial charge in [-0.25, -0.2) is 0 Å². The van der Waals surface area contributed by atoms with Crippen LogP contribution in [0.3, 0.4) is 0 Å². The number of carbonyl (C=O) groups is 1. The normalized spacial score (nSPS) is 10.2. The van der Waals surface area contributed by atoms with Crippen LogP contribution in [-0.4, -0.2) is 22.7 Å². The zero-order chi connectivity index (χ0) is 13.5. The minimum atomic E-state index is -0.0334. The van der Waals surface area contributed by atoms with E-state index in [1.165, 1.54) is 5.56 Å². The van der Waals surface area contributed by atoms with Crippen molar-refractivity contribution in [2.75, 3.05) is 11.9 Å². The number of carbonyl (C=O) groups excluding carboxylic acids is 1. The molecule has 2 N–H and O–H groups in total. The number of aryl methyl sites for hydroxylation is 1. The van der Waals surface area contributed by atoms with Gasteiger partial charge in [0, 0.05) is 12.6 Å². The summed E-state index contributed by atoms with van der Waals surface area (Å²) >= 11 is 0. The smallest absolute Gasteiger partial charge is 0.224 e. The first-order valence-electron chi connectivity index (χ1n) is 6.22. The van der Waals surface area contributed by atoms with E-state index < -0.39 is 0 Å². The van der Waals surface area contributed by atoms with E-state index in [4.69, 9.17) is 4.74 Å². The van der Waals surface area contributed by atoms with Crippen molar-refractivity contribution in [1.29, 1.82) is 0 Å². The predicted octanol–water partition coefficient (Wildman–Crippen LogP) is 2.52. The van der Waals surface area contributed by atoms with E-state index in [0.29, 0.717) is 25.1 Å². The van der Waals surface area contributed by atoms with Gasteiger partial charge in [-0.3, -0.25) is 9.89 Å². The molecule has 5 nitrogen and oxygen atoms in total. The van der Waals surface area contributed by atoms with Crippen molar-refractivity contribution in [3.8, 4) is 5.75 Å². The highest BCUT2D eigenvalue weighted by molar-refractivity contribution is 5.90. The van der Waals surface area contributed by atoms with Crippen LogP contribution in [0.5, 0.6) is 5.75 Å². The summed E-state index contributed by atoms with van der Waals surface area (Å²) in [4.78, 5) is 11.6. The summed E-state index contributed by atoms with van der Waals surface area (Å²) in [6, 6.07) is 7.86. The molecule has 0 unspecified atom stereocenters. The van der Waals surface area contributed by atoms with Crippen LogP contribution >= 0.6 is 0 Å². The first kappa shape index (κ1) is 13.1. The number of nitrogens with zero attached hydrogens (tertiary/aromatic N) is 1. The monoisotopic (exact) mass is 259 g/mol. The number of H-pyrrole nitrogens is 1. The van der Waals surface area contributed by atoms with Crippen LogP contribution in [0.25, 0.3) is 0 Å². The largest absolute Gasteiger partial charge is 0.494 e. The van der Waals surface area contributed by atoms with Crippen molar-refractivity contribution < 1.29 is 9.53 Å². The first-order valence-corrected chi connectivity index (χ1v) is 6.22. The molecule has 0 aliphatic carbocycles. The lowest BCUT2D eigenvalue weighted by molar-refractivity contribution is -0.116. The van der Waals surface area contributed by atoms with Gasteiger partial charge in [0.2, 0.25) is 5.91 Å². The number of aromatic nitrogens is 2. The Morgan fingerprint density at radius 1 is 1.37 bits per heavy atom. The molecule has 0 aliphatic rings. The highest BCUT2D eigenvalue weighted by Gasteiger charge is 2.03. The summed E-state index contributed by atoms with van der Waals surface area (Å²) in [5.41, 5.74) is 1.89. The number of amides is 1. The quantitative estimate of drug-likeness (QED) is 0.783. The Morgan fingerprint density at radius 2 is 2.16 bits per heavy atom. The van der Waals surface area contributed by atoms with Gasteiger partial charge in [0.15, 0.2) is 0 Å². The van der Waals surface area contributed by atoms with E-state index >= 15 is 0 Å². The van der Waals surface area contributed by atoms with Gasteiger partial charge in [0.1, 0.15) is 5.75 Å². The van der Waals surface area contributed by atoms with Gasteiger partial charge in [-0.15, -0.1) is 0 Å². The zero-order valence-electron chi connectivity index (χ0n) is 10.8. The molecule has 1 amide bonds. The van der Waals surface area contributed by atoms with Gasteiger partial charge in [-0.2, -0.15) is 5.10 Å². The molecule has 2 aromatic rings. The summed E-state index contributed by atoms with van der Waals surface area (Å²) in [7, 11) is 0. The second-order valence-electron chi connectivity index (χ2n) is 4.30. The molecule has 0 saturated carbocycles. The molecular weight excluding hydrogens is 242 g/mol. The third-order valence-electron chi connectivity index (χ3n) is 2.62. The fraction of sp³-hybridized carbons (Fsp3) is 0.286. The molecule has 0 atom stereocenters. The number of benzene rings is 1. The molecular formula is C14H17N3O2. The van der Waals surface area contributed by atoms with E-state index in [0.717, 1.165) is 5.75 Å². The van der Waals surface area contributed by atoms with Gasteiger partial charge < -0.3 is 10.1 Å². The summed E-state index contributed by atoms with van der Waals surface area (Å²) < 4.78 is 5.55. The average molecular weight is 259 g/mol. The number of aromatic amines is 1. The Morgan fingerprint density at radius 3 is 2.84 bits per heavy atom. The van der Waals surface area contributed by atoms with E-state index in [1.807, 2.05) is 31.2 Å². The number of hydrogen-bond donors (Lipinski definition) is 2. The van der Waals surface area contributed by atoms with Crippen LogP contribution in [0, 0.1) is 6.92 Å². The van der Waals surface area contributed by atoms with Crippen LogP contribution in [0.2, 0.25) is 0 Å². The van der Waals surface area contributed by atoms with Crippen molar-refractivity contribution in [3.63, 3.8) is 0 Å². The summed E-state index contributed by atoms with van der Waals surface area (Å²) in [6.07, 6.45) is 4.32. The second-order valence-corrected chi connectivity index (χ2v) is 4.30. The molecule has 5 heteroatoms. The van der Waals surface area contributed by atoms with Gasteiger partial charge >= 0.3 is 0 Å². The minimum absolute atomic E-state index is 0.0334. The van der Waals surface area contributed by atoms with Gasteiger partial charge in [0.25, 0.3) is 0 Å². The maximum Gasteiger partial charge on any atom is 0.224 e. The molecule has 1 aromatic heterocycles. The van der Waals surface area contributed by atoms with Crippen molar-refractivity contribution in [3.05, 3.63) is 42.2 Å². The van der Waals surface area contributed by atoms with E-state index in [9.17, 15) is 4.79 Å². The minimum Gasteiger partial charge on any atom is -0.494 e.